The zero-order valence-electron chi connectivity index (χ0n) is 15.2. The maximum Gasteiger partial charge on any atom is 0.306 e. The molecular weight excluding hydrogens is 389 g/mol. The average molecular weight is 410 g/mol. The molecule has 0 bridgehead atoms. The molecule has 1 amide bonds. The number of amides is 1. The van der Waals surface area contributed by atoms with E-state index in [9.17, 15) is 9.59 Å². The number of carbonyl (C=O) groups is 2. The minimum Gasteiger partial charge on any atom is -0.492 e. The number of esters is 1. The molecule has 0 radical (unpaired) electrons. The molecule has 0 aromatic heterocycles. The second-order valence-electron chi connectivity index (χ2n) is 6.03. The van der Waals surface area contributed by atoms with Gasteiger partial charge in [-0.2, -0.15) is 0 Å². The number of aryl methyl sites for hydroxylation is 2. The first kappa shape index (κ1) is 21.1. The highest BCUT2D eigenvalue weighted by Crippen LogP contribution is 2.27. The van der Waals surface area contributed by atoms with Crippen molar-refractivity contribution in [2.24, 2.45) is 0 Å². The number of ether oxygens (including phenoxy) is 2. The van der Waals surface area contributed by atoms with Crippen LogP contribution in [0.25, 0.3) is 0 Å². The summed E-state index contributed by atoms with van der Waals surface area (Å²) in [5, 5.41) is 3.63. The molecule has 0 atom stereocenters. The first-order valence-corrected chi connectivity index (χ1v) is 9.21. The Hall–Kier alpha value is -2.24. The Morgan fingerprint density at radius 3 is 2.52 bits per heavy atom. The molecule has 144 valence electrons. The average Bonchev–Trinajstić information content (AvgIpc) is 2.61. The second kappa shape index (κ2) is 10.2. The normalized spacial score (nSPS) is 10.4. The van der Waals surface area contributed by atoms with E-state index in [4.69, 9.17) is 32.7 Å². The molecule has 2 rings (SSSR count). The Kier molecular flexibility index (Phi) is 7.95. The van der Waals surface area contributed by atoms with E-state index in [1.807, 2.05) is 26.0 Å². The molecule has 0 saturated carbocycles. The van der Waals surface area contributed by atoms with Gasteiger partial charge in [0.2, 0.25) is 0 Å². The number of rotatable bonds is 8. The lowest BCUT2D eigenvalue weighted by Gasteiger charge is -2.09. The number of hydrogen-bond acceptors (Lipinski definition) is 4. The zero-order chi connectivity index (χ0) is 19.8. The Bertz CT molecular complexity index is 824. The van der Waals surface area contributed by atoms with Crippen molar-refractivity contribution in [2.45, 2.75) is 26.7 Å². The first-order valence-electron chi connectivity index (χ1n) is 8.45. The predicted octanol–water partition coefficient (Wildman–Crippen LogP) is 4.95. The van der Waals surface area contributed by atoms with Crippen LogP contribution in [0, 0.1) is 13.8 Å². The summed E-state index contributed by atoms with van der Waals surface area (Å²) in [6, 6.07) is 10.5. The summed E-state index contributed by atoms with van der Waals surface area (Å²) in [5.41, 5.74) is 2.89. The van der Waals surface area contributed by atoms with E-state index < -0.39 is 5.97 Å². The van der Waals surface area contributed by atoms with Gasteiger partial charge < -0.3 is 14.8 Å². The molecule has 0 aliphatic rings. The van der Waals surface area contributed by atoms with E-state index in [-0.39, 0.29) is 18.9 Å². The molecular formula is C20H21Cl2NO4. The van der Waals surface area contributed by atoms with E-state index in [2.05, 4.69) is 5.32 Å². The Morgan fingerprint density at radius 1 is 1.04 bits per heavy atom. The van der Waals surface area contributed by atoms with Crippen molar-refractivity contribution in [3.05, 3.63) is 57.6 Å². The molecule has 1 N–H and O–H groups in total. The van der Waals surface area contributed by atoms with Crippen LogP contribution in [0.2, 0.25) is 10.0 Å². The van der Waals surface area contributed by atoms with Crippen LogP contribution in [-0.2, 0) is 14.3 Å². The van der Waals surface area contributed by atoms with Gasteiger partial charge in [-0.15, -0.1) is 0 Å². The van der Waals surface area contributed by atoms with E-state index in [0.717, 1.165) is 11.1 Å². The molecule has 2 aromatic rings. The summed E-state index contributed by atoms with van der Waals surface area (Å²) in [7, 11) is 0. The van der Waals surface area contributed by atoms with E-state index in [1.165, 1.54) is 0 Å². The van der Waals surface area contributed by atoms with Crippen LogP contribution in [-0.4, -0.2) is 25.1 Å². The Balaban J connectivity index is 1.65. The van der Waals surface area contributed by atoms with Crippen LogP contribution < -0.4 is 10.1 Å². The lowest BCUT2D eigenvalue weighted by Crippen LogP contribution is -2.21. The van der Waals surface area contributed by atoms with E-state index in [1.54, 1.807) is 24.3 Å². The summed E-state index contributed by atoms with van der Waals surface area (Å²) >= 11 is 11.8. The zero-order valence-corrected chi connectivity index (χ0v) is 16.7. The number of benzene rings is 2. The van der Waals surface area contributed by atoms with Gasteiger partial charge in [-0.1, -0.05) is 29.3 Å². The highest BCUT2D eigenvalue weighted by molar-refractivity contribution is 6.35. The summed E-state index contributed by atoms with van der Waals surface area (Å²) in [4.78, 5) is 23.6. The van der Waals surface area contributed by atoms with Gasteiger partial charge in [0.25, 0.3) is 5.91 Å². The van der Waals surface area contributed by atoms with Gasteiger partial charge in [0.05, 0.1) is 11.6 Å². The fraction of sp³-hybridized carbons (Fsp3) is 0.300. The maximum atomic E-state index is 11.9. The second-order valence-corrected chi connectivity index (χ2v) is 6.88. The number of carbonyl (C=O) groups excluding carboxylic acids is 2. The van der Waals surface area contributed by atoms with Crippen molar-refractivity contribution in [3.8, 4) is 5.75 Å². The smallest absolute Gasteiger partial charge is 0.306 e. The minimum atomic E-state index is -0.462. The lowest BCUT2D eigenvalue weighted by atomic mass is 10.1. The monoisotopic (exact) mass is 409 g/mol. The third-order valence-corrected chi connectivity index (χ3v) is 4.36. The molecule has 0 fully saturated rings. The van der Waals surface area contributed by atoms with Crippen LogP contribution in [0.15, 0.2) is 36.4 Å². The van der Waals surface area contributed by atoms with Gasteiger partial charge in [-0.3, -0.25) is 9.59 Å². The van der Waals surface area contributed by atoms with Crippen molar-refractivity contribution in [2.75, 3.05) is 18.5 Å². The molecule has 0 saturated heterocycles. The molecule has 5 nitrogen and oxygen atoms in total. The Labute approximate surface area is 168 Å². The van der Waals surface area contributed by atoms with E-state index in [0.29, 0.717) is 34.5 Å². The fourth-order valence-corrected chi connectivity index (χ4v) is 2.69. The number of nitrogens with one attached hydrogen (secondary N) is 1. The van der Waals surface area contributed by atoms with Crippen LogP contribution >= 0.6 is 23.2 Å². The molecule has 0 spiro atoms. The Morgan fingerprint density at radius 2 is 1.81 bits per heavy atom. The van der Waals surface area contributed by atoms with Crippen LogP contribution in [0.4, 0.5) is 5.69 Å². The predicted molar refractivity (Wildman–Crippen MR) is 107 cm³/mol. The summed E-state index contributed by atoms with van der Waals surface area (Å²) in [5.74, 6) is -0.339. The van der Waals surface area contributed by atoms with Gasteiger partial charge in [0.1, 0.15) is 5.75 Å². The topological polar surface area (TPSA) is 64.6 Å². The third-order valence-electron chi connectivity index (χ3n) is 3.83. The molecule has 0 heterocycles. The molecule has 2 aromatic carbocycles. The molecule has 0 aliphatic heterocycles. The first-order chi connectivity index (χ1) is 12.8. The van der Waals surface area contributed by atoms with Gasteiger partial charge in [-0.25, -0.2) is 0 Å². The summed E-state index contributed by atoms with van der Waals surface area (Å²) in [6.07, 6.45) is 0.582. The molecule has 27 heavy (non-hydrogen) atoms. The summed E-state index contributed by atoms with van der Waals surface area (Å²) in [6.45, 7) is 3.93. The van der Waals surface area contributed by atoms with Gasteiger partial charge in [0, 0.05) is 17.1 Å². The molecule has 0 unspecified atom stereocenters. The van der Waals surface area contributed by atoms with Gasteiger partial charge >= 0.3 is 5.97 Å². The van der Waals surface area contributed by atoms with E-state index >= 15 is 0 Å². The van der Waals surface area contributed by atoms with Crippen molar-refractivity contribution in [1.29, 1.82) is 0 Å². The number of anilines is 1. The molecule has 7 heteroatoms. The summed E-state index contributed by atoms with van der Waals surface area (Å²) < 4.78 is 10.5. The standard InChI is InChI=1S/C20H21Cl2NO4/c1-13-5-7-16(10-14(13)2)23-19(24)12-27-20(25)4-3-9-26-18-8-6-15(21)11-17(18)22/h5-8,10-11H,3-4,9,12H2,1-2H3,(H,23,24). The highest BCUT2D eigenvalue weighted by Gasteiger charge is 2.09. The fourth-order valence-electron chi connectivity index (χ4n) is 2.23. The number of halogens is 2. The van der Waals surface area contributed by atoms with Crippen LogP contribution in [0.5, 0.6) is 5.75 Å². The quantitative estimate of drug-likeness (QED) is 0.494. The van der Waals surface area contributed by atoms with Crippen molar-refractivity contribution < 1.29 is 19.1 Å². The van der Waals surface area contributed by atoms with Crippen molar-refractivity contribution in [1.82, 2.24) is 0 Å². The highest BCUT2D eigenvalue weighted by atomic mass is 35.5. The third kappa shape index (κ3) is 7.12. The lowest BCUT2D eigenvalue weighted by molar-refractivity contribution is -0.147. The number of hydrogen-bond donors (Lipinski definition) is 1. The molecule has 0 aliphatic carbocycles. The minimum absolute atomic E-state index is 0.141. The SMILES string of the molecule is Cc1ccc(NC(=O)COC(=O)CCCOc2ccc(Cl)cc2Cl)cc1C. The van der Waals surface area contributed by atoms with Gasteiger partial charge in [0.15, 0.2) is 6.61 Å². The van der Waals surface area contributed by atoms with Crippen LogP contribution in [0.3, 0.4) is 0 Å². The van der Waals surface area contributed by atoms with Crippen molar-refractivity contribution in [3.63, 3.8) is 0 Å². The van der Waals surface area contributed by atoms with Gasteiger partial charge in [-0.05, 0) is 61.7 Å². The maximum absolute atomic E-state index is 11.9. The largest absolute Gasteiger partial charge is 0.492 e. The van der Waals surface area contributed by atoms with Crippen LogP contribution in [0.1, 0.15) is 24.0 Å². The van der Waals surface area contributed by atoms with Crippen molar-refractivity contribution >= 4 is 40.8 Å².